The normalized spacial score (nSPS) is 19.7. The first kappa shape index (κ1) is 29.5. The van der Waals surface area contributed by atoms with Gasteiger partial charge in [-0.25, -0.2) is 4.90 Å². The fraction of sp³-hybridized carbons (Fsp3) is 0.172. The van der Waals surface area contributed by atoms with Crippen LogP contribution in [0.4, 0.5) is 24.5 Å². The highest BCUT2D eigenvalue weighted by molar-refractivity contribution is 8.00. The number of rotatable bonds is 5. The van der Waals surface area contributed by atoms with Gasteiger partial charge in [0.15, 0.2) is 0 Å². The molecule has 1 fully saturated rings. The first-order valence-electron chi connectivity index (χ1n) is 12.7. The zero-order valence-electron chi connectivity index (χ0n) is 21.6. The molecule has 2 aliphatic heterocycles. The number of benzene rings is 3. The number of carbonyl (C=O) groups excluding carboxylic acids is 3. The van der Waals surface area contributed by atoms with Crippen molar-refractivity contribution in [1.82, 2.24) is 4.57 Å². The van der Waals surface area contributed by atoms with Crippen LogP contribution >= 0.6 is 46.3 Å². The first-order chi connectivity index (χ1) is 20.5. The van der Waals surface area contributed by atoms with E-state index in [1.165, 1.54) is 28.8 Å². The van der Waals surface area contributed by atoms with Gasteiger partial charge in [0.25, 0.3) is 0 Å². The lowest BCUT2D eigenvalue weighted by Gasteiger charge is -2.30. The SMILES string of the molecule is O=C(Cn1c2c(sc1=O)C(c1ccccc1)C1C(=O)N(c3ccccc3C(F)(F)F)C(=O)C1S2)Nc1ccc(Cl)c(Cl)c1. The molecule has 2 aliphatic rings. The molecule has 3 unspecified atom stereocenters. The summed E-state index contributed by atoms with van der Waals surface area (Å²) >= 11 is 13.7. The molecular weight excluding hydrogens is 646 g/mol. The zero-order valence-corrected chi connectivity index (χ0v) is 24.7. The van der Waals surface area contributed by atoms with E-state index in [0.717, 1.165) is 35.2 Å². The molecule has 0 bridgehead atoms. The van der Waals surface area contributed by atoms with Gasteiger partial charge in [-0.3, -0.25) is 23.7 Å². The quantitative estimate of drug-likeness (QED) is 0.241. The molecular formula is C29H18Cl2F3N3O4S2. The standard InChI is InChI=1S/C29H18Cl2F3N3O4S2/c30-17-11-10-15(12-18(17)31)35-20(38)13-36-27-24(43-28(36)41)21(14-6-2-1-3-7-14)22-23(42-27)26(40)37(25(22)39)19-9-5-4-8-16(19)29(32,33)34/h1-12,21-23H,13H2,(H,35,38). The first-order valence-corrected chi connectivity index (χ1v) is 15.1. The maximum Gasteiger partial charge on any atom is 0.418 e. The molecule has 3 atom stereocenters. The second-order valence-electron chi connectivity index (χ2n) is 9.78. The topological polar surface area (TPSA) is 88.5 Å². The number of hydrogen-bond donors (Lipinski definition) is 1. The number of alkyl halides is 3. The lowest BCUT2D eigenvalue weighted by atomic mass is 9.83. The van der Waals surface area contributed by atoms with Crippen LogP contribution in [0.5, 0.6) is 0 Å². The van der Waals surface area contributed by atoms with Crippen LogP contribution in [0.2, 0.25) is 10.0 Å². The van der Waals surface area contributed by atoms with Crippen LogP contribution in [0.15, 0.2) is 82.6 Å². The molecule has 14 heteroatoms. The summed E-state index contributed by atoms with van der Waals surface area (Å²) in [6, 6.07) is 17.6. The average molecular weight is 665 g/mol. The number of aromatic nitrogens is 1. The number of hydrogen-bond acceptors (Lipinski definition) is 6. The number of nitrogens with one attached hydrogen (secondary N) is 1. The monoisotopic (exact) mass is 663 g/mol. The molecule has 0 saturated carbocycles. The van der Waals surface area contributed by atoms with E-state index in [9.17, 15) is 32.3 Å². The number of thiazole rings is 1. The summed E-state index contributed by atoms with van der Waals surface area (Å²) in [5, 5.41) is 2.34. The fourth-order valence-electron chi connectivity index (χ4n) is 5.34. The second-order valence-corrected chi connectivity index (χ2v) is 12.7. The van der Waals surface area contributed by atoms with E-state index in [4.69, 9.17) is 23.2 Å². The summed E-state index contributed by atoms with van der Waals surface area (Å²) in [6.07, 6.45) is -4.81. The minimum Gasteiger partial charge on any atom is -0.324 e. The summed E-state index contributed by atoms with van der Waals surface area (Å²) in [7, 11) is 0. The van der Waals surface area contributed by atoms with E-state index in [2.05, 4.69) is 5.32 Å². The van der Waals surface area contributed by atoms with E-state index in [0.29, 0.717) is 31.1 Å². The van der Waals surface area contributed by atoms with Crippen molar-refractivity contribution in [2.45, 2.75) is 28.9 Å². The molecule has 3 amide bonds. The average Bonchev–Trinajstić information content (AvgIpc) is 3.41. The summed E-state index contributed by atoms with van der Waals surface area (Å²) < 4.78 is 42.9. The van der Waals surface area contributed by atoms with Gasteiger partial charge in [-0.15, -0.1) is 0 Å². The van der Waals surface area contributed by atoms with Crippen LogP contribution < -0.4 is 15.1 Å². The van der Waals surface area contributed by atoms with Crippen molar-refractivity contribution in [3.8, 4) is 0 Å². The number of para-hydroxylation sites is 1. The fourth-order valence-corrected chi connectivity index (χ4v) is 8.41. The number of anilines is 2. The predicted octanol–water partition coefficient (Wildman–Crippen LogP) is 6.67. The molecule has 6 rings (SSSR count). The van der Waals surface area contributed by atoms with Crippen LogP contribution in [0, 0.1) is 5.92 Å². The van der Waals surface area contributed by atoms with Gasteiger partial charge in [0.2, 0.25) is 17.7 Å². The highest BCUT2D eigenvalue weighted by atomic mass is 35.5. The van der Waals surface area contributed by atoms with Crippen molar-refractivity contribution in [2.24, 2.45) is 5.92 Å². The highest BCUT2D eigenvalue weighted by Gasteiger charge is 2.57. The third-order valence-corrected chi connectivity index (χ3v) is 10.5. The Morgan fingerprint density at radius 2 is 1.60 bits per heavy atom. The Balaban J connectivity index is 1.41. The van der Waals surface area contributed by atoms with E-state index >= 15 is 0 Å². The van der Waals surface area contributed by atoms with Gasteiger partial charge in [-0.2, -0.15) is 13.2 Å². The predicted molar refractivity (Wildman–Crippen MR) is 159 cm³/mol. The van der Waals surface area contributed by atoms with Gasteiger partial charge >= 0.3 is 11.0 Å². The van der Waals surface area contributed by atoms with Gasteiger partial charge in [0.05, 0.1) is 32.2 Å². The molecule has 220 valence electrons. The number of amides is 3. The molecule has 4 aromatic rings. The molecule has 0 spiro atoms. The number of fused-ring (bicyclic) bond motifs is 2. The van der Waals surface area contributed by atoms with Crippen molar-refractivity contribution in [2.75, 3.05) is 10.2 Å². The number of nitrogens with zero attached hydrogens (tertiary/aromatic N) is 2. The Hall–Kier alpha value is -3.58. The summed E-state index contributed by atoms with van der Waals surface area (Å²) in [5.41, 5.74) is -0.697. The number of carbonyl (C=O) groups is 3. The number of imide groups is 1. The van der Waals surface area contributed by atoms with Crippen molar-refractivity contribution in [1.29, 1.82) is 0 Å². The Bertz CT molecular complexity index is 1840. The third-order valence-electron chi connectivity index (χ3n) is 7.16. The van der Waals surface area contributed by atoms with Gasteiger partial charge in [-0.05, 0) is 35.9 Å². The van der Waals surface area contributed by atoms with E-state index in [-0.39, 0.29) is 5.02 Å². The highest BCUT2D eigenvalue weighted by Crippen LogP contribution is 2.54. The lowest BCUT2D eigenvalue weighted by molar-refractivity contribution is -0.137. The molecule has 1 saturated heterocycles. The van der Waals surface area contributed by atoms with Crippen molar-refractivity contribution in [3.63, 3.8) is 0 Å². The Kier molecular flexibility index (Phi) is 7.66. The largest absolute Gasteiger partial charge is 0.418 e. The number of halogens is 5. The lowest BCUT2D eigenvalue weighted by Crippen LogP contribution is -2.33. The Morgan fingerprint density at radius 3 is 2.30 bits per heavy atom. The maximum atomic E-state index is 13.9. The molecule has 1 N–H and O–H groups in total. The molecule has 0 aliphatic carbocycles. The maximum absolute atomic E-state index is 13.9. The minimum atomic E-state index is -4.81. The van der Waals surface area contributed by atoms with Gasteiger partial charge < -0.3 is 5.32 Å². The van der Waals surface area contributed by atoms with Crippen molar-refractivity contribution >= 4 is 75.4 Å². The molecule has 43 heavy (non-hydrogen) atoms. The molecule has 7 nitrogen and oxygen atoms in total. The summed E-state index contributed by atoms with van der Waals surface area (Å²) in [5.74, 6) is -4.06. The van der Waals surface area contributed by atoms with E-state index in [1.54, 1.807) is 36.4 Å². The Morgan fingerprint density at radius 1 is 0.907 bits per heavy atom. The van der Waals surface area contributed by atoms with E-state index < -0.39 is 63.7 Å². The third kappa shape index (κ3) is 5.26. The molecule has 1 aromatic heterocycles. The minimum absolute atomic E-state index is 0.220. The van der Waals surface area contributed by atoms with Crippen molar-refractivity contribution < 1.29 is 27.6 Å². The summed E-state index contributed by atoms with van der Waals surface area (Å²) in [4.78, 5) is 54.5. The molecule has 0 radical (unpaired) electrons. The van der Waals surface area contributed by atoms with Crippen LogP contribution in [0.1, 0.15) is 21.9 Å². The van der Waals surface area contributed by atoms with E-state index in [1.807, 2.05) is 0 Å². The zero-order chi connectivity index (χ0) is 30.6. The number of thioether (sulfide) groups is 1. The molecule has 3 aromatic carbocycles. The van der Waals surface area contributed by atoms with Gasteiger partial charge in [-0.1, -0.05) is 88.8 Å². The smallest absolute Gasteiger partial charge is 0.324 e. The van der Waals surface area contributed by atoms with Gasteiger partial charge in [0, 0.05) is 16.5 Å². The van der Waals surface area contributed by atoms with Crippen LogP contribution in [-0.4, -0.2) is 27.5 Å². The molecule has 3 heterocycles. The Labute approximate surface area is 260 Å². The van der Waals surface area contributed by atoms with Crippen LogP contribution in [0.3, 0.4) is 0 Å². The van der Waals surface area contributed by atoms with Crippen molar-refractivity contribution in [3.05, 3.63) is 109 Å². The van der Waals surface area contributed by atoms with Crippen LogP contribution in [0.25, 0.3) is 0 Å². The van der Waals surface area contributed by atoms with Crippen LogP contribution in [-0.2, 0) is 27.1 Å². The van der Waals surface area contributed by atoms with Gasteiger partial charge in [0.1, 0.15) is 11.8 Å². The second kappa shape index (κ2) is 11.2. The summed E-state index contributed by atoms with van der Waals surface area (Å²) in [6.45, 7) is -0.417.